The first-order valence-corrected chi connectivity index (χ1v) is 6.06. The van der Waals surface area contributed by atoms with Gasteiger partial charge in [0.15, 0.2) is 0 Å². The molecule has 16 heavy (non-hydrogen) atoms. The number of rotatable bonds is 6. The third-order valence-corrected chi connectivity index (χ3v) is 4.03. The van der Waals surface area contributed by atoms with Gasteiger partial charge in [-0.3, -0.25) is 4.79 Å². The van der Waals surface area contributed by atoms with Crippen LogP contribution in [0, 0.1) is 5.41 Å². The summed E-state index contributed by atoms with van der Waals surface area (Å²) < 4.78 is 11.1. The Kier molecular flexibility index (Phi) is 4.13. The summed E-state index contributed by atoms with van der Waals surface area (Å²) in [6, 6.07) is 0. The average molecular weight is 228 g/mol. The van der Waals surface area contributed by atoms with E-state index < -0.39 is 0 Å². The fourth-order valence-electron chi connectivity index (χ4n) is 1.89. The zero-order valence-corrected chi connectivity index (χ0v) is 11.1. The molecule has 0 N–H and O–H groups in total. The van der Waals surface area contributed by atoms with E-state index in [0.29, 0.717) is 18.8 Å². The lowest BCUT2D eigenvalue weighted by atomic mass is 9.64. The minimum absolute atomic E-state index is 0.109. The van der Waals surface area contributed by atoms with Crippen LogP contribution in [0.2, 0.25) is 0 Å². The molecule has 0 aromatic carbocycles. The van der Waals surface area contributed by atoms with Gasteiger partial charge in [-0.1, -0.05) is 13.8 Å². The Morgan fingerprint density at radius 2 is 2.12 bits per heavy atom. The zero-order valence-electron chi connectivity index (χ0n) is 11.1. The SMILES string of the molecule is CCC1(C)C(=O)CC1OCCC(C)(C)OC. The fourth-order valence-corrected chi connectivity index (χ4v) is 1.89. The van der Waals surface area contributed by atoms with Gasteiger partial charge in [-0.2, -0.15) is 0 Å². The van der Waals surface area contributed by atoms with Crippen LogP contribution in [0.4, 0.5) is 0 Å². The molecule has 2 atom stereocenters. The Balaban J connectivity index is 2.33. The van der Waals surface area contributed by atoms with Gasteiger partial charge in [0.05, 0.1) is 17.1 Å². The van der Waals surface area contributed by atoms with Crippen molar-refractivity contribution in [3.63, 3.8) is 0 Å². The van der Waals surface area contributed by atoms with Crippen molar-refractivity contribution >= 4 is 5.78 Å². The van der Waals surface area contributed by atoms with Crippen molar-refractivity contribution in [3.05, 3.63) is 0 Å². The lowest BCUT2D eigenvalue weighted by molar-refractivity contribution is -0.163. The van der Waals surface area contributed by atoms with Crippen LogP contribution in [-0.4, -0.2) is 31.2 Å². The first kappa shape index (κ1) is 13.7. The van der Waals surface area contributed by atoms with E-state index in [2.05, 4.69) is 0 Å². The summed E-state index contributed by atoms with van der Waals surface area (Å²) in [4.78, 5) is 11.5. The van der Waals surface area contributed by atoms with Crippen LogP contribution in [-0.2, 0) is 14.3 Å². The molecule has 0 aromatic rings. The van der Waals surface area contributed by atoms with Crippen molar-refractivity contribution in [2.75, 3.05) is 13.7 Å². The van der Waals surface area contributed by atoms with Crippen LogP contribution in [0.1, 0.15) is 47.0 Å². The van der Waals surface area contributed by atoms with Crippen LogP contribution in [0.5, 0.6) is 0 Å². The molecule has 0 aliphatic heterocycles. The lowest BCUT2D eigenvalue weighted by Crippen LogP contribution is -2.53. The summed E-state index contributed by atoms with van der Waals surface area (Å²) in [5.74, 6) is 0.339. The van der Waals surface area contributed by atoms with Crippen molar-refractivity contribution in [1.82, 2.24) is 0 Å². The van der Waals surface area contributed by atoms with Gasteiger partial charge in [0.2, 0.25) is 0 Å². The molecule has 1 aliphatic carbocycles. The van der Waals surface area contributed by atoms with Gasteiger partial charge in [0, 0.05) is 20.1 Å². The molecule has 1 rings (SSSR count). The standard InChI is InChI=1S/C13H24O3/c1-6-13(4)10(14)9-11(13)16-8-7-12(2,3)15-5/h11H,6-9H2,1-5H3. The molecule has 1 fully saturated rings. The number of ether oxygens (including phenoxy) is 2. The monoisotopic (exact) mass is 228 g/mol. The van der Waals surface area contributed by atoms with Crippen molar-refractivity contribution in [3.8, 4) is 0 Å². The number of Topliss-reactive ketones (excluding diaryl/α,β-unsaturated/α-hetero) is 1. The topological polar surface area (TPSA) is 35.5 Å². The molecule has 1 saturated carbocycles. The number of carbonyl (C=O) groups is 1. The molecule has 3 nitrogen and oxygen atoms in total. The van der Waals surface area contributed by atoms with Crippen molar-refractivity contribution in [1.29, 1.82) is 0 Å². The van der Waals surface area contributed by atoms with Crippen molar-refractivity contribution in [2.45, 2.75) is 58.7 Å². The molecular formula is C13H24O3. The minimum atomic E-state index is -0.239. The molecule has 0 radical (unpaired) electrons. The summed E-state index contributed by atoms with van der Waals surface area (Å²) in [6.45, 7) is 8.80. The third kappa shape index (κ3) is 2.64. The number of carbonyl (C=O) groups excluding carboxylic acids is 1. The average Bonchev–Trinajstić information content (AvgIpc) is 2.26. The summed E-state index contributed by atoms with van der Waals surface area (Å²) >= 11 is 0. The van der Waals surface area contributed by atoms with E-state index in [4.69, 9.17) is 9.47 Å². The van der Waals surface area contributed by atoms with Crippen LogP contribution in [0.15, 0.2) is 0 Å². The van der Waals surface area contributed by atoms with Gasteiger partial charge in [0.25, 0.3) is 0 Å². The molecule has 0 amide bonds. The number of methoxy groups -OCH3 is 1. The Morgan fingerprint density at radius 1 is 1.50 bits per heavy atom. The molecular weight excluding hydrogens is 204 g/mol. The van der Waals surface area contributed by atoms with E-state index in [1.165, 1.54) is 0 Å². The van der Waals surface area contributed by atoms with E-state index in [1.54, 1.807) is 7.11 Å². The highest BCUT2D eigenvalue weighted by Gasteiger charge is 2.50. The maximum absolute atomic E-state index is 11.5. The molecule has 2 unspecified atom stereocenters. The van der Waals surface area contributed by atoms with Gasteiger partial charge >= 0.3 is 0 Å². The van der Waals surface area contributed by atoms with Gasteiger partial charge < -0.3 is 9.47 Å². The molecule has 0 bridgehead atoms. The predicted octanol–water partition coefficient (Wildman–Crippen LogP) is 2.58. The van der Waals surface area contributed by atoms with Crippen LogP contribution < -0.4 is 0 Å². The summed E-state index contributed by atoms with van der Waals surface area (Å²) in [5.41, 5.74) is -0.381. The van der Waals surface area contributed by atoms with Gasteiger partial charge in [-0.15, -0.1) is 0 Å². The smallest absolute Gasteiger partial charge is 0.143 e. The predicted molar refractivity (Wildman–Crippen MR) is 63.5 cm³/mol. The van der Waals surface area contributed by atoms with Crippen LogP contribution in [0.25, 0.3) is 0 Å². The van der Waals surface area contributed by atoms with Crippen molar-refractivity contribution < 1.29 is 14.3 Å². The van der Waals surface area contributed by atoms with Gasteiger partial charge in [-0.25, -0.2) is 0 Å². The lowest BCUT2D eigenvalue weighted by Gasteiger charge is -2.44. The first-order chi connectivity index (χ1) is 7.35. The summed E-state index contributed by atoms with van der Waals surface area (Å²) in [6.07, 6.45) is 2.41. The second kappa shape index (κ2) is 4.84. The Bertz CT molecular complexity index is 260. The van der Waals surface area contributed by atoms with Gasteiger partial charge in [0.1, 0.15) is 5.78 Å². The largest absolute Gasteiger partial charge is 0.379 e. The molecule has 0 aromatic heterocycles. The Labute approximate surface area is 98.5 Å². The maximum atomic E-state index is 11.5. The second-order valence-electron chi connectivity index (χ2n) is 5.47. The number of ketones is 1. The molecule has 1 aliphatic rings. The third-order valence-electron chi connectivity index (χ3n) is 4.03. The number of hydrogen-bond acceptors (Lipinski definition) is 3. The first-order valence-electron chi connectivity index (χ1n) is 6.06. The van der Waals surface area contributed by atoms with Gasteiger partial charge in [-0.05, 0) is 26.7 Å². The quantitative estimate of drug-likeness (QED) is 0.701. The highest BCUT2D eigenvalue weighted by atomic mass is 16.5. The maximum Gasteiger partial charge on any atom is 0.143 e. The van der Waals surface area contributed by atoms with E-state index in [0.717, 1.165) is 12.8 Å². The fraction of sp³-hybridized carbons (Fsp3) is 0.923. The Morgan fingerprint density at radius 3 is 2.56 bits per heavy atom. The normalized spacial score (nSPS) is 30.3. The molecule has 0 saturated heterocycles. The highest BCUT2D eigenvalue weighted by molar-refractivity contribution is 5.91. The Hall–Kier alpha value is -0.410. The number of hydrogen-bond donors (Lipinski definition) is 0. The van der Waals surface area contributed by atoms with E-state index in [-0.39, 0.29) is 17.1 Å². The molecule has 94 valence electrons. The van der Waals surface area contributed by atoms with E-state index in [9.17, 15) is 4.79 Å². The van der Waals surface area contributed by atoms with E-state index >= 15 is 0 Å². The van der Waals surface area contributed by atoms with Crippen LogP contribution in [0.3, 0.4) is 0 Å². The van der Waals surface area contributed by atoms with E-state index in [1.807, 2.05) is 27.7 Å². The zero-order chi connectivity index (χ0) is 12.4. The van der Waals surface area contributed by atoms with Crippen LogP contribution >= 0.6 is 0 Å². The second-order valence-corrected chi connectivity index (χ2v) is 5.47. The molecule has 0 spiro atoms. The highest BCUT2D eigenvalue weighted by Crippen LogP contribution is 2.42. The minimum Gasteiger partial charge on any atom is -0.379 e. The summed E-state index contributed by atoms with van der Waals surface area (Å²) in [7, 11) is 1.71. The molecule has 0 heterocycles. The molecule has 3 heteroatoms. The summed E-state index contributed by atoms with van der Waals surface area (Å²) in [5, 5.41) is 0. The van der Waals surface area contributed by atoms with Crippen molar-refractivity contribution in [2.24, 2.45) is 5.41 Å².